The van der Waals surface area contributed by atoms with Crippen LogP contribution in [0.4, 0.5) is 0 Å². The molecular formula is C17H26N4O2. The summed E-state index contributed by atoms with van der Waals surface area (Å²) in [5.41, 5.74) is -0.406. The standard InChI is InChI=1S/C17H26N4O2/c1-13(2)21-14(17(16(21)23)7-3-4-8-17)15(22)18-9-5-11-20-12-6-10-19-20/h6,10,12-14H,3-5,7-9,11H2,1-2H3,(H,18,22). The Morgan fingerprint density at radius 3 is 2.78 bits per heavy atom. The Morgan fingerprint density at radius 1 is 1.43 bits per heavy atom. The highest BCUT2D eigenvalue weighted by Gasteiger charge is 2.64. The lowest BCUT2D eigenvalue weighted by atomic mass is 9.68. The number of aryl methyl sites for hydroxylation is 1. The molecule has 1 aromatic heterocycles. The van der Waals surface area contributed by atoms with Gasteiger partial charge in [0.15, 0.2) is 0 Å². The molecule has 6 nitrogen and oxygen atoms in total. The second kappa shape index (κ2) is 6.34. The van der Waals surface area contributed by atoms with Crippen LogP contribution in [0.2, 0.25) is 0 Å². The van der Waals surface area contributed by atoms with Crippen molar-refractivity contribution in [2.45, 2.75) is 64.6 Å². The third-order valence-electron chi connectivity index (χ3n) is 5.18. The maximum atomic E-state index is 12.7. The van der Waals surface area contributed by atoms with Crippen LogP contribution in [0, 0.1) is 5.41 Å². The van der Waals surface area contributed by atoms with Crippen molar-refractivity contribution in [3.63, 3.8) is 0 Å². The molecule has 1 aliphatic heterocycles. The average Bonchev–Trinajstić information content (AvgIpc) is 3.19. The summed E-state index contributed by atoms with van der Waals surface area (Å²) in [6, 6.07) is 1.69. The highest BCUT2D eigenvalue weighted by atomic mass is 16.2. The highest BCUT2D eigenvalue weighted by Crippen LogP contribution is 2.52. The Morgan fingerprint density at radius 2 is 2.17 bits per heavy atom. The molecule has 2 aliphatic rings. The van der Waals surface area contributed by atoms with Crippen LogP contribution in [0.15, 0.2) is 18.5 Å². The SMILES string of the molecule is CC(C)N1C(=O)C2(CCCC2)C1C(=O)NCCCn1cccn1. The summed E-state index contributed by atoms with van der Waals surface area (Å²) < 4.78 is 1.86. The lowest BCUT2D eigenvalue weighted by molar-refractivity contribution is -0.181. The second-order valence-corrected chi connectivity index (χ2v) is 6.99. The first-order valence-corrected chi connectivity index (χ1v) is 8.64. The topological polar surface area (TPSA) is 67.2 Å². The summed E-state index contributed by atoms with van der Waals surface area (Å²) in [5.74, 6) is 0.197. The van der Waals surface area contributed by atoms with Gasteiger partial charge in [0.2, 0.25) is 11.8 Å². The lowest BCUT2D eigenvalue weighted by Gasteiger charge is -2.55. The molecule has 2 amide bonds. The zero-order valence-corrected chi connectivity index (χ0v) is 14.0. The molecule has 1 saturated carbocycles. The van der Waals surface area contributed by atoms with Gasteiger partial charge in [-0.15, -0.1) is 0 Å². The molecule has 1 unspecified atom stereocenters. The van der Waals surface area contributed by atoms with E-state index in [0.29, 0.717) is 6.54 Å². The van der Waals surface area contributed by atoms with Gasteiger partial charge in [-0.1, -0.05) is 12.8 Å². The molecule has 2 heterocycles. The monoisotopic (exact) mass is 318 g/mol. The fraction of sp³-hybridized carbons (Fsp3) is 0.706. The Kier molecular flexibility index (Phi) is 4.41. The van der Waals surface area contributed by atoms with E-state index < -0.39 is 5.41 Å². The lowest BCUT2D eigenvalue weighted by Crippen LogP contribution is -2.74. The van der Waals surface area contributed by atoms with Crippen molar-refractivity contribution in [3.05, 3.63) is 18.5 Å². The largest absolute Gasteiger partial charge is 0.354 e. The molecular weight excluding hydrogens is 292 g/mol. The van der Waals surface area contributed by atoms with Gasteiger partial charge >= 0.3 is 0 Å². The first-order valence-electron chi connectivity index (χ1n) is 8.64. The molecule has 1 aromatic rings. The Labute approximate surface area is 137 Å². The van der Waals surface area contributed by atoms with E-state index in [1.165, 1.54) is 0 Å². The normalized spacial score (nSPS) is 22.7. The molecule has 3 rings (SSSR count). The van der Waals surface area contributed by atoms with Crippen LogP contribution in [0.3, 0.4) is 0 Å². The molecule has 1 N–H and O–H groups in total. The Bertz CT molecular complexity index is 561. The molecule has 0 bridgehead atoms. The number of β-lactam (4-membered cyclic amide) rings is 1. The molecule has 1 spiro atoms. The number of hydrogen-bond donors (Lipinski definition) is 1. The van der Waals surface area contributed by atoms with E-state index in [1.807, 2.05) is 30.8 Å². The molecule has 1 aliphatic carbocycles. The number of nitrogens with one attached hydrogen (secondary N) is 1. The molecule has 0 aromatic carbocycles. The zero-order chi connectivity index (χ0) is 16.4. The predicted octanol–water partition coefficient (Wildman–Crippen LogP) is 1.57. The van der Waals surface area contributed by atoms with E-state index in [9.17, 15) is 9.59 Å². The molecule has 126 valence electrons. The smallest absolute Gasteiger partial charge is 0.243 e. The second-order valence-electron chi connectivity index (χ2n) is 6.99. The van der Waals surface area contributed by atoms with E-state index >= 15 is 0 Å². The number of carbonyl (C=O) groups excluding carboxylic acids is 2. The molecule has 23 heavy (non-hydrogen) atoms. The minimum atomic E-state index is -0.406. The quantitative estimate of drug-likeness (QED) is 0.639. The summed E-state index contributed by atoms with van der Waals surface area (Å²) in [5, 5.41) is 7.18. The third-order valence-corrected chi connectivity index (χ3v) is 5.18. The van der Waals surface area contributed by atoms with Gasteiger partial charge in [-0.3, -0.25) is 14.3 Å². The summed E-state index contributed by atoms with van der Waals surface area (Å²) in [7, 11) is 0. The van der Waals surface area contributed by atoms with Crippen molar-refractivity contribution < 1.29 is 9.59 Å². The number of nitrogens with zero attached hydrogens (tertiary/aromatic N) is 3. The van der Waals surface area contributed by atoms with Crippen LogP contribution in [0.1, 0.15) is 46.0 Å². The Balaban J connectivity index is 1.56. The van der Waals surface area contributed by atoms with Crippen LogP contribution in [0.5, 0.6) is 0 Å². The van der Waals surface area contributed by atoms with Crippen LogP contribution < -0.4 is 5.32 Å². The average molecular weight is 318 g/mol. The molecule has 2 fully saturated rings. The number of hydrogen-bond acceptors (Lipinski definition) is 3. The van der Waals surface area contributed by atoms with Crippen LogP contribution in [0.25, 0.3) is 0 Å². The fourth-order valence-electron chi connectivity index (χ4n) is 4.08. The van der Waals surface area contributed by atoms with E-state index in [4.69, 9.17) is 0 Å². The van der Waals surface area contributed by atoms with Gasteiger partial charge < -0.3 is 10.2 Å². The van der Waals surface area contributed by atoms with Crippen LogP contribution in [-0.4, -0.2) is 45.1 Å². The van der Waals surface area contributed by atoms with Crippen LogP contribution >= 0.6 is 0 Å². The minimum Gasteiger partial charge on any atom is -0.354 e. The minimum absolute atomic E-state index is 0.0145. The van der Waals surface area contributed by atoms with Crippen molar-refractivity contribution >= 4 is 11.8 Å². The first kappa shape index (κ1) is 16.0. The van der Waals surface area contributed by atoms with Crippen molar-refractivity contribution in [2.24, 2.45) is 5.41 Å². The van der Waals surface area contributed by atoms with Crippen LogP contribution in [-0.2, 0) is 16.1 Å². The molecule has 0 radical (unpaired) electrons. The summed E-state index contributed by atoms with van der Waals surface area (Å²) >= 11 is 0. The van der Waals surface area contributed by atoms with Gasteiger partial charge in [-0.05, 0) is 39.2 Å². The van der Waals surface area contributed by atoms with Gasteiger partial charge in [-0.25, -0.2) is 0 Å². The van der Waals surface area contributed by atoms with Crippen molar-refractivity contribution in [1.29, 1.82) is 0 Å². The Hall–Kier alpha value is -1.85. The number of likely N-dealkylation sites (tertiary alicyclic amines) is 1. The summed E-state index contributed by atoms with van der Waals surface area (Å²) in [4.78, 5) is 27.0. The van der Waals surface area contributed by atoms with Gasteiger partial charge in [0, 0.05) is 31.5 Å². The van der Waals surface area contributed by atoms with Crippen molar-refractivity contribution in [3.8, 4) is 0 Å². The summed E-state index contributed by atoms with van der Waals surface area (Å²) in [6.45, 7) is 5.37. The van der Waals surface area contributed by atoms with Gasteiger partial charge in [0.05, 0.1) is 5.41 Å². The first-order chi connectivity index (χ1) is 11.1. The molecule has 6 heteroatoms. The van der Waals surface area contributed by atoms with E-state index in [1.54, 1.807) is 11.1 Å². The van der Waals surface area contributed by atoms with Crippen molar-refractivity contribution in [1.82, 2.24) is 20.0 Å². The van der Waals surface area contributed by atoms with Gasteiger partial charge in [0.25, 0.3) is 0 Å². The molecule has 1 atom stereocenters. The number of amides is 2. The van der Waals surface area contributed by atoms with Crippen molar-refractivity contribution in [2.75, 3.05) is 6.54 Å². The number of rotatable bonds is 6. The summed E-state index contributed by atoms with van der Waals surface area (Å²) in [6.07, 6.45) is 8.34. The van der Waals surface area contributed by atoms with E-state index in [0.717, 1.165) is 38.6 Å². The maximum Gasteiger partial charge on any atom is 0.243 e. The fourth-order valence-corrected chi connectivity index (χ4v) is 4.08. The predicted molar refractivity (Wildman–Crippen MR) is 86.5 cm³/mol. The van der Waals surface area contributed by atoms with E-state index in [-0.39, 0.29) is 23.9 Å². The van der Waals surface area contributed by atoms with E-state index in [2.05, 4.69) is 10.4 Å². The van der Waals surface area contributed by atoms with Gasteiger partial charge in [-0.2, -0.15) is 5.10 Å². The molecule has 1 saturated heterocycles. The highest BCUT2D eigenvalue weighted by molar-refractivity contribution is 6.02. The van der Waals surface area contributed by atoms with Gasteiger partial charge in [0.1, 0.15) is 6.04 Å². The zero-order valence-electron chi connectivity index (χ0n) is 14.0. The number of aromatic nitrogens is 2. The number of carbonyl (C=O) groups is 2. The maximum absolute atomic E-state index is 12.7. The third kappa shape index (κ3) is 2.75.